The molecule has 0 aromatic heterocycles. The molecule has 0 bridgehead atoms. The van der Waals surface area contributed by atoms with E-state index in [9.17, 15) is 19.2 Å². The molecule has 0 radical (unpaired) electrons. The number of fused-ring (bicyclic) bond motifs is 4. The first-order valence-corrected chi connectivity index (χ1v) is 9.92. The average Bonchev–Trinajstić information content (AvgIpc) is 3.03. The Balaban J connectivity index is 1.93. The van der Waals surface area contributed by atoms with Crippen molar-refractivity contribution in [1.82, 2.24) is 0 Å². The number of nitrogens with two attached hydrogens (primary N) is 1. The summed E-state index contributed by atoms with van der Waals surface area (Å²) in [6.45, 7) is 0. The number of halogens is 1. The number of hydrogen-bond donors (Lipinski definition) is 2. The Labute approximate surface area is 183 Å². The highest BCUT2D eigenvalue weighted by Gasteiger charge is 2.63. The van der Waals surface area contributed by atoms with Crippen LogP contribution in [0.15, 0.2) is 69.7 Å². The number of allylic oxidation sites excluding steroid dienone is 1. The van der Waals surface area contributed by atoms with Gasteiger partial charge in [0.05, 0.1) is 12.7 Å². The van der Waals surface area contributed by atoms with Crippen molar-refractivity contribution in [3.63, 3.8) is 0 Å². The van der Waals surface area contributed by atoms with Gasteiger partial charge in [-0.25, -0.2) is 4.79 Å². The van der Waals surface area contributed by atoms with E-state index in [1.54, 1.807) is 30.3 Å². The molecular formula is C22H13BrN2O6. The zero-order chi connectivity index (χ0) is 22.1. The van der Waals surface area contributed by atoms with E-state index in [2.05, 4.69) is 21.2 Å². The Morgan fingerprint density at radius 2 is 1.77 bits per heavy atom. The largest absolute Gasteiger partial charge is 0.465 e. The molecule has 31 heavy (non-hydrogen) atoms. The summed E-state index contributed by atoms with van der Waals surface area (Å²) in [6.07, 6.45) is 0. The molecule has 1 amide bonds. The number of anilines is 1. The molecule has 5 rings (SSSR count). The van der Waals surface area contributed by atoms with Crippen molar-refractivity contribution in [2.45, 2.75) is 5.41 Å². The first-order chi connectivity index (χ1) is 14.8. The summed E-state index contributed by atoms with van der Waals surface area (Å²) < 4.78 is 11.0. The van der Waals surface area contributed by atoms with Crippen molar-refractivity contribution in [3.05, 3.63) is 86.4 Å². The van der Waals surface area contributed by atoms with E-state index in [0.29, 0.717) is 10.2 Å². The lowest BCUT2D eigenvalue weighted by Gasteiger charge is -2.37. The fraction of sp³-hybridized carbons (Fsp3) is 0.0909. The second-order valence-corrected chi connectivity index (χ2v) is 8.05. The number of carbonyl (C=O) groups is 4. The van der Waals surface area contributed by atoms with E-state index < -0.39 is 34.7 Å². The predicted octanol–water partition coefficient (Wildman–Crippen LogP) is 2.35. The van der Waals surface area contributed by atoms with Crippen molar-refractivity contribution < 1.29 is 28.7 Å². The Bertz CT molecular complexity index is 1330. The van der Waals surface area contributed by atoms with Gasteiger partial charge in [0.2, 0.25) is 17.6 Å². The molecule has 3 aliphatic rings. The quantitative estimate of drug-likeness (QED) is 0.600. The molecule has 2 heterocycles. The molecule has 154 valence electrons. The summed E-state index contributed by atoms with van der Waals surface area (Å²) >= 11 is 3.36. The van der Waals surface area contributed by atoms with E-state index in [0.717, 1.165) is 7.11 Å². The second kappa shape index (κ2) is 6.39. The summed E-state index contributed by atoms with van der Waals surface area (Å²) in [4.78, 5) is 53.3. The third kappa shape index (κ3) is 2.29. The summed E-state index contributed by atoms with van der Waals surface area (Å²) in [5, 5.41) is 2.70. The maximum Gasteiger partial charge on any atom is 0.340 e. The third-order valence-corrected chi connectivity index (χ3v) is 6.14. The van der Waals surface area contributed by atoms with Crippen LogP contribution in [0, 0.1) is 0 Å². The number of benzene rings is 2. The van der Waals surface area contributed by atoms with Crippen molar-refractivity contribution in [2.75, 3.05) is 12.4 Å². The number of esters is 1. The van der Waals surface area contributed by atoms with E-state index in [-0.39, 0.29) is 33.6 Å². The molecule has 1 aliphatic carbocycles. The number of Topliss-reactive ketones (excluding diaryl/α,β-unsaturated/α-hetero) is 2. The van der Waals surface area contributed by atoms with Crippen molar-refractivity contribution >= 4 is 45.1 Å². The summed E-state index contributed by atoms with van der Waals surface area (Å²) in [6, 6.07) is 11.1. The summed E-state index contributed by atoms with van der Waals surface area (Å²) in [5.41, 5.74) is 4.33. The second-order valence-electron chi connectivity index (χ2n) is 7.13. The number of ketones is 2. The highest BCUT2D eigenvalue weighted by molar-refractivity contribution is 9.10. The van der Waals surface area contributed by atoms with Crippen LogP contribution < -0.4 is 11.1 Å². The number of carbonyl (C=O) groups excluding carboxylic acids is 4. The Morgan fingerprint density at radius 1 is 1.10 bits per heavy atom. The standard InChI is InChI=1S/C22H13BrN2O6/c1-30-20(28)15-19(24)31-18-14(16(26)10-4-2-3-5-11(10)17(18)27)22(15)12-8-9(23)6-7-13(12)25-21(22)29/h2-8H,24H2,1H3,(H,25,29). The molecule has 2 aromatic carbocycles. The van der Waals surface area contributed by atoms with Gasteiger partial charge in [0.1, 0.15) is 11.0 Å². The van der Waals surface area contributed by atoms with Gasteiger partial charge in [-0.3, -0.25) is 14.4 Å². The van der Waals surface area contributed by atoms with Crippen molar-refractivity contribution in [1.29, 1.82) is 0 Å². The molecule has 1 atom stereocenters. The highest BCUT2D eigenvalue weighted by Crippen LogP contribution is 2.54. The number of amides is 1. The minimum absolute atomic E-state index is 0.107. The van der Waals surface area contributed by atoms with Crippen LogP contribution in [0.5, 0.6) is 0 Å². The van der Waals surface area contributed by atoms with Gasteiger partial charge < -0.3 is 20.5 Å². The van der Waals surface area contributed by atoms with Gasteiger partial charge >= 0.3 is 5.97 Å². The maximum atomic E-state index is 13.7. The SMILES string of the molecule is COC(=O)C1=C(N)OC2=C(C(=O)c3ccccc3C2=O)C12C(=O)Nc1ccc(Br)cc12. The van der Waals surface area contributed by atoms with Crippen LogP contribution in [0.3, 0.4) is 0 Å². The smallest absolute Gasteiger partial charge is 0.340 e. The molecule has 2 aromatic rings. The molecule has 0 fully saturated rings. The van der Waals surface area contributed by atoms with Gasteiger partial charge in [-0.1, -0.05) is 40.2 Å². The molecule has 1 spiro atoms. The summed E-state index contributed by atoms with van der Waals surface area (Å²) in [7, 11) is 1.12. The van der Waals surface area contributed by atoms with Gasteiger partial charge in [-0.05, 0) is 18.2 Å². The van der Waals surface area contributed by atoms with E-state index in [4.69, 9.17) is 15.2 Å². The van der Waals surface area contributed by atoms with Crippen LogP contribution in [0.2, 0.25) is 0 Å². The lowest BCUT2D eigenvalue weighted by Crippen LogP contribution is -2.50. The Hall–Kier alpha value is -3.72. The minimum Gasteiger partial charge on any atom is -0.465 e. The Kier molecular flexibility index (Phi) is 3.97. The van der Waals surface area contributed by atoms with Gasteiger partial charge in [0.15, 0.2) is 11.5 Å². The third-order valence-electron chi connectivity index (χ3n) is 5.65. The summed E-state index contributed by atoms with van der Waals surface area (Å²) in [5.74, 6) is -3.73. The van der Waals surface area contributed by atoms with Gasteiger partial charge in [0, 0.05) is 26.9 Å². The van der Waals surface area contributed by atoms with E-state index >= 15 is 0 Å². The molecule has 0 saturated carbocycles. The minimum atomic E-state index is -2.01. The van der Waals surface area contributed by atoms with Crippen LogP contribution in [-0.4, -0.2) is 30.6 Å². The normalized spacial score (nSPS) is 21.4. The van der Waals surface area contributed by atoms with Gasteiger partial charge in [-0.15, -0.1) is 0 Å². The zero-order valence-electron chi connectivity index (χ0n) is 15.9. The molecule has 1 unspecified atom stereocenters. The number of rotatable bonds is 1. The maximum absolute atomic E-state index is 13.7. The topological polar surface area (TPSA) is 125 Å². The lowest BCUT2D eigenvalue weighted by molar-refractivity contribution is -0.138. The molecular weight excluding hydrogens is 468 g/mol. The molecule has 0 saturated heterocycles. The van der Waals surface area contributed by atoms with Gasteiger partial charge in [0.25, 0.3) is 0 Å². The fourth-order valence-electron chi connectivity index (χ4n) is 4.39. The zero-order valence-corrected chi connectivity index (χ0v) is 17.5. The van der Waals surface area contributed by atoms with Crippen LogP contribution in [0.1, 0.15) is 26.3 Å². The molecule has 3 N–H and O–H groups in total. The molecule has 8 nitrogen and oxygen atoms in total. The predicted molar refractivity (Wildman–Crippen MR) is 111 cm³/mol. The van der Waals surface area contributed by atoms with Crippen LogP contribution in [-0.2, 0) is 24.5 Å². The number of ether oxygens (including phenoxy) is 2. The average molecular weight is 481 g/mol. The van der Waals surface area contributed by atoms with Crippen LogP contribution in [0.25, 0.3) is 0 Å². The number of hydrogen-bond acceptors (Lipinski definition) is 7. The first kappa shape index (κ1) is 19.3. The highest BCUT2D eigenvalue weighted by atomic mass is 79.9. The number of nitrogens with one attached hydrogen (secondary N) is 1. The van der Waals surface area contributed by atoms with Crippen molar-refractivity contribution in [2.24, 2.45) is 5.73 Å². The first-order valence-electron chi connectivity index (χ1n) is 9.13. The Morgan fingerprint density at radius 3 is 2.45 bits per heavy atom. The molecule has 2 aliphatic heterocycles. The van der Waals surface area contributed by atoms with Crippen LogP contribution in [0.4, 0.5) is 5.69 Å². The fourth-order valence-corrected chi connectivity index (χ4v) is 4.75. The van der Waals surface area contributed by atoms with Crippen LogP contribution >= 0.6 is 15.9 Å². The monoisotopic (exact) mass is 480 g/mol. The van der Waals surface area contributed by atoms with E-state index in [1.807, 2.05) is 0 Å². The number of methoxy groups -OCH3 is 1. The lowest BCUT2D eigenvalue weighted by atomic mass is 9.64. The molecule has 9 heteroatoms. The van der Waals surface area contributed by atoms with Gasteiger partial charge in [-0.2, -0.15) is 0 Å². The van der Waals surface area contributed by atoms with E-state index in [1.165, 1.54) is 12.1 Å². The van der Waals surface area contributed by atoms with Crippen molar-refractivity contribution in [3.8, 4) is 0 Å².